The molecule has 0 radical (unpaired) electrons. The summed E-state index contributed by atoms with van der Waals surface area (Å²) in [5.74, 6) is 0. The number of amides is 2. The first-order valence-electron chi connectivity index (χ1n) is 5.64. The quantitative estimate of drug-likeness (QED) is 0.911. The zero-order valence-electron chi connectivity index (χ0n) is 10.9. The molecule has 0 bridgehead atoms. The number of urea groups is 1. The summed E-state index contributed by atoms with van der Waals surface area (Å²) < 4.78 is 22.8. The normalized spacial score (nSPS) is 11.1. The largest absolute Gasteiger partial charge is 0.325 e. The Morgan fingerprint density at radius 3 is 2.60 bits per heavy atom. The van der Waals surface area contributed by atoms with E-state index < -0.39 is 15.9 Å². The van der Waals surface area contributed by atoms with E-state index in [1.54, 1.807) is 24.6 Å². The molecule has 2 rings (SSSR count). The van der Waals surface area contributed by atoms with Gasteiger partial charge in [0.15, 0.2) is 15.0 Å². The van der Waals surface area contributed by atoms with Crippen molar-refractivity contribution in [1.29, 1.82) is 0 Å². The number of carbonyl (C=O) groups is 1. The number of thiazole rings is 1. The monoisotopic (exact) mass is 311 g/mol. The van der Waals surface area contributed by atoms with Gasteiger partial charge in [0.2, 0.25) is 0 Å². The molecule has 2 N–H and O–H groups in total. The van der Waals surface area contributed by atoms with Crippen molar-refractivity contribution in [1.82, 2.24) is 4.98 Å². The zero-order valence-corrected chi connectivity index (χ0v) is 12.5. The maximum absolute atomic E-state index is 11.7. The Kier molecular flexibility index (Phi) is 4.05. The smallest absolute Gasteiger partial charge is 0.307 e. The van der Waals surface area contributed by atoms with Gasteiger partial charge in [-0.25, -0.2) is 18.2 Å². The van der Waals surface area contributed by atoms with Crippen LogP contribution in [-0.2, 0) is 9.84 Å². The number of hydrogen-bond donors (Lipinski definition) is 2. The van der Waals surface area contributed by atoms with Gasteiger partial charge in [0.1, 0.15) is 0 Å². The maximum Gasteiger partial charge on any atom is 0.325 e. The van der Waals surface area contributed by atoms with Gasteiger partial charge < -0.3 is 5.32 Å². The average Bonchev–Trinajstić information content (AvgIpc) is 2.83. The van der Waals surface area contributed by atoms with E-state index in [1.165, 1.54) is 23.5 Å². The Morgan fingerprint density at radius 2 is 2.05 bits per heavy atom. The van der Waals surface area contributed by atoms with Crippen molar-refractivity contribution in [2.24, 2.45) is 0 Å². The van der Waals surface area contributed by atoms with E-state index in [1.807, 2.05) is 0 Å². The van der Waals surface area contributed by atoms with Gasteiger partial charge >= 0.3 is 6.03 Å². The van der Waals surface area contributed by atoms with E-state index in [4.69, 9.17) is 0 Å². The van der Waals surface area contributed by atoms with Crippen LogP contribution in [0.2, 0.25) is 0 Å². The minimum atomic E-state index is -3.25. The van der Waals surface area contributed by atoms with Gasteiger partial charge in [-0.3, -0.25) is 5.32 Å². The summed E-state index contributed by atoms with van der Waals surface area (Å²) in [4.78, 5) is 15.9. The van der Waals surface area contributed by atoms with Crippen molar-refractivity contribution < 1.29 is 13.2 Å². The van der Waals surface area contributed by atoms with Gasteiger partial charge in [-0.05, 0) is 30.7 Å². The Bertz CT molecular complexity index is 724. The molecule has 8 heteroatoms. The predicted octanol–water partition coefficient (Wildman–Crippen LogP) is 2.50. The lowest BCUT2D eigenvalue weighted by atomic mass is 10.2. The molecule has 1 aromatic heterocycles. The van der Waals surface area contributed by atoms with Crippen LogP contribution in [0.4, 0.5) is 15.6 Å². The predicted molar refractivity (Wildman–Crippen MR) is 79.0 cm³/mol. The molecule has 1 heterocycles. The minimum absolute atomic E-state index is 0.223. The molecule has 2 aromatic rings. The number of anilines is 2. The molecule has 2 amide bonds. The molecule has 0 aliphatic carbocycles. The highest BCUT2D eigenvalue weighted by Gasteiger charge is 2.11. The van der Waals surface area contributed by atoms with E-state index in [-0.39, 0.29) is 4.90 Å². The van der Waals surface area contributed by atoms with Crippen LogP contribution in [0.25, 0.3) is 0 Å². The number of nitrogens with one attached hydrogen (secondary N) is 2. The fraction of sp³-hybridized carbons (Fsp3) is 0.167. The maximum atomic E-state index is 11.7. The molecule has 0 saturated carbocycles. The topological polar surface area (TPSA) is 88.2 Å². The molecular weight excluding hydrogens is 298 g/mol. The molecule has 6 nitrogen and oxygen atoms in total. The van der Waals surface area contributed by atoms with Gasteiger partial charge in [0.05, 0.1) is 4.90 Å². The first-order valence-corrected chi connectivity index (χ1v) is 8.41. The van der Waals surface area contributed by atoms with Crippen molar-refractivity contribution in [3.63, 3.8) is 0 Å². The van der Waals surface area contributed by atoms with Crippen LogP contribution in [-0.4, -0.2) is 25.7 Å². The third-order valence-electron chi connectivity index (χ3n) is 2.53. The zero-order chi connectivity index (χ0) is 14.8. The fourth-order valence-electron chi connectivity index (χ4n) is 1.54. The van der Waals surface area contributed by atoms with Crippen LogP contribution in [0.1, 0.15) is 5.56 Å². The lowest BCUT2D eigenvalue weighted by Gasteiger charge is -2.09. The molecule has 0 aliphatic rings. The first kappa shape index (κ1) is 14.5. The first-order chi connectivity index (χ1) is 9.36. The van der Waals surface area contributed by atoms with Crippen LogP contribution in [0.5, 0.6) is 0 Å². The second kappa shape index (κ2) is 5.59. The summed E-state index contributed by atoms with van der Waals surface area (Å²) in [7, 11) is -3.25. The van der Waals surface area contributed by atoms with Crippen LogP contribution in [0.3, 0.4) is 0 Å². The molecule has 20 heavy (non-hydrogen) atoms. The SMILES string of the molecule is Cc1cc(S(C)(=O)=O)ccc1NC(=O)Nc1nccs1. The standard InChI is InChI=1S/C12H13N3O3S2/c1-8-7-9(20(2,17)18)3-4-10(8)14-11(16)15-12-13-5-6-19-12/h3-7H,1-2H3,(H2,13,14,15,16). The van der Waals surface area contributed by atoms with E-state index in [9.17, 15) is 13.2 Å². The highest BCUT2D eigenvalue weighted by Crippen LogP contribution is 2.20. The number of nitrogens with zero attached hydrogens (tertiary/aromatic N) is 1. The molecule has 0 aliphatic heterocycles. The molecule has 0 spiro atoms. The number of aryl methyl sites for hydroxylation is 1. The summed E-state index contributed by atoms with van der Waals surface area (Å²) in [6.45, 7) is 1.73. The number of aromatic nitrogens is 1. The number of sulfone groups is 1. The van der Waals surface area contributed by atoms with E-state index >= 15 is 0 Å². The minimum Gasteiger partial charge on any atom is -0.307 e. The molecular formula is C12H13N3O3S2. The summed E-state index contributed by atoms with van der Waals surface area (Å²) in [6.07, 6.45) is 2.73. The second-order valence-electron chi connectivity index (χ2n) is 4.17. The highest BCUT2D eigenvalue weighted by molar-refractivity contribution is 7.90. The molecule has 0 saturated heterocycles. The lowest BCUT2D eigenvalue weighted by molar-refractivity contribution is 0.262. The van der Waals surface area contributed by atoms with Crippen LogP contribution >= 0.6 is 11.3 Å². The van der Waals surface area contributed by atoms with Crippen LogP contribution in [0, 0.1) is 6.92 Å². The Labute approximate surface area is 120 Å². The van der Waals surface area contributed by atoms with Gasteiger partial charge in [0, 0.05) is 23.5 Å². The number of benzene rings is 1. The van der Waals surface area contributed by atoms with E-state index in [0.717, 1.165) is 6.26 Å². The van der Waals surface area contributed by atoms with Crippen molar-refractivity contribution in [3.8, 4) is 0 Å². The fourth-order valence-corrected chi connectivity index (χ4v) is 2.77. The summed E-state index contributed by atoms with van der Waals surface area (Å²) >= 11 is 1.31. The summed E-state index contributed by atoms with van der Waals surface area (Å²) in [5, 5.41) is 7.48. The van der Waals surface area contributed by atoms with Gasteiger partial charge in [-0.2, -0.15) is 0 Å². The summed E-state index contributed by atoms with van der Waals surface area (Å²) in [5.41, 5.74) is 1.22. The number of hydrogen-bond acceptors (Lipinski definition) is 5. The molecule has 106 valence electrons. The van der Waals surface area contributed by atoms with Crippen molar-refractivity contribution >= 4 is 38.0 Å². The highest BCUT2D eigenvalue weighted by atomic mass is 32.2. The van der Waals surface area contributed by atoms with Gasteiger partial charge in [0.25, 0.3) is 0 Å². The van der Waals surface area contributed by atoms with Gasteiger partial charge in [-0.1, -0.05) is 0 Å². The lowest BCUT2D eigenvalue weighted by Crippen LogP contribution is -2.19. The third kappa shape index (κ3) is 3.55. The summed E-state index contributed by atoms with van der Waals surface area (Å²) in [6, 6.07) is 4.12. The van der Waals surface area contributed by atoms with Crippen molar-refractivity contribution in [2.75, 3.05) is 16.9 Å². The van der Waals surface area contributed by atoms with Crippen LogP contribution in [0.15, 0.2) is 34.7 Å². The van der Waals surface area contributed by atoms with E-state index in [2.05, 4.69) is 15.6 Å². The Morgan fingerprint density at radius 1 is 1.30 bits per heavy atom. The molecule has 0 unspecified atom stereocenters. The average molecular weight is 311 g/mol. The van der Waals surface area contributed by atoms with Gasteiger partial charge in [-0.15, -0.1) is 11.3 Å². The molecule has 0 atom stereocenters. The number of carbonyl (C=O) groups excluding carboxylic acids is 1. The van der Waals surface area contributed by atoms with Crippen molar-refractivity contribution in [2.45, 2.75) is 11.8 Å². The second-order valence-corrected chi connectivity index (χ2v) is 7.08. The Balaban J connectivity index is 2.12. The Hall–Kier alpha value is -1.93. The molecule has 1 aromatic carbocycles. The van der Waals surface area contributed by atoms with Crippen LogP contribution < -0.4 is 10.6 Å². The van der Waals surface area contributed by atoms with E-state index in [0.29, 0.717) is 16.4 Å². The third-order valence-corrected chi connectivity index (χ3v) is 4.33. The molecule has 0 fully saturated rings. The number of rotatable bonds is 3. The van der Waals surface area contributed by atoms with Crippen molar-refractivity contribution in [3.05, 3.63) is 35.3 Å².